The van der Waals surface area contributed by atoms with Gasteiger partial charge in [-0.05, 0) is 37.5 Å². The van der Waals surface area contributed by atoms with Gasteiger partial charge >= 0.3 is 0 Å². The van der Waals surface area contributed by atoms with Gasteiger partial charge in [-0.25, -0.2) is 4.39 Å². The fourth-order valence-corrected chi connectivity index (χ4v) is 3.33. The predicted octanol–water partition coefficient (Wildman–Crippen LogP) is 3.83. The molecule has 1 aliphatic heterocycles. The number of hydrogen-bond donors (Lipinski definition) is 1. The summed E-state index contributed by atoms with van der Waals surface area (Å²) < 4.78 is 13.2. The van der Waals surface area contributed by atoms with E-state index in [1.165, 1.54) is 12.1 Å². The van der Waals surface area contributed by atoms with Crippen molar-refractivity contribution >= 4 is 11.6 Å². The lowest BCUT2D eigenvalue weighted by molar-refractivity contribution is 0.0278. The van der Waals surface area contributed by atoms with Crippen LogP contribution in [0.1, 0.15) is 39.2 Å². The molecule has 0 bridgehead atoms. The van der Waals surface area contributed by atoms with Crippen molar-refractivity contribution in [1.82, 2.24) is 10.2 Å². The fraction of sp³-hybridized carbons (Fsp3) is 0.625. The first-order valence-electron chi connectivity index (χ1n) is 7.43. The summed E-state index contributed by atoms with van der Waals surface area (Å²) in [5, 5.41) is 4.10. The maximum Gasteiger partial charge on any atom is 0.124 e. The summed E-state index contributed by atoms with van der Waals surface area (Å²) >= 11 is 6.18. The molecule has 0 spiro atoms. The molecule has 1 unspecified atom stereocenters. The summed E-state index contributed by atoms with van der Waals surface area (Å²) in [4.78, 5) is 2.51. The van der Waals surface area contributed by atoms with Crippen molar-refractivity contribution in [2.75, 3.05) is 13.1 Å². The Kier molecular flexibility index (Phi) is 5.05. The van der Waals surface area contributed by atoms with Crippen LogP contribution in [0.5, 0.6) is 0 Å². The van der Waals surface area contributed by atoms with Crippen LogP contribution in [-0.4, -0.2) is 29.6 Å². The van der Waals surface area contributed by atoms with E-state index in [2.05, 4.69) is 31.0 Å². The van der Waals surface area contributed by atoms with Crippen LogP contribution in [0.15, 0.2) is 18.2 Å². The van der Waals surface area contributed by atoms with Crippen molar-refractivity contribution in [3.63, 3.8) is 0 Å². The number of nitrogens with zero attached hydrogens (tertiary/aromatic N) is 1. The Morgan fingerprint density at radius 2 is 2.10 bits per heavy atom. The molecule has 1 heterocycles. The third-order valence-corrected chi connectivity index (χ3v) is 4.99. The number of benzene rings is 1. The molecule has 1 aromatic rings. The van der Waals surface area contributed by atoms with Crippen molar-refractivity contribution in [1.29, 1.82) is 0 Å². The third kappa shape index (κ3) is 3.16. The zero-order chi connectivity index (χ0) is 14.8. The Bertz CT molecular complexity index is 460. The maximum atomic E-state index is 13.2. The summed E-state index contributed by atoms with van der Waals surface area (Å²) in [5.41, 5.74) is 1.18. The Labute approximate surface area is 126 Å². The Morgan fingerprint density at radius 1 is 1.40 bits per heavy atom. The van der Waals surface area contributed by atoms with Gasteiger partial charge in [-0.2, -0.15) is 0 Å². The lowest BCUT2D eigenvalue weighted by Crippen LogP contribution is -2.63. The lowest BCUT2D eigenvalue weighted by Gasteiger charge is -2.49. The van der Waals surface area contributed by atoms with E-state index in [9.17, 15) is 4.39 Å². The van der Waals surface area contributed by atoms with Gasteiger partial charge in [0.05, 0.1) is 0 Å². The number of nitrogens with one attached hydrogen (secondary N) is 1. The second-order valence-corrected chi connectivity index (χ2v) is 6.24. The Balaban J connectivity index is 2.23. The van der Waals surface area contributed by atoms with E-state index in [4.69, 9.17) is 11.6 Å². The smallest absolute Gasteiger partial charge is 0.124 e. The van der Waals surface area contributed by atoms with E-state index in [0.717, 1.165) is 38.0 Å². The zero-order valence-electron chi connectivity index (χ0n) is 12.5. The maximum absolute atomic E-state index is 13.2. The zero-order valence-corrected chi connectivity index (χ0v) is 13.3. The van der Waals surface area contributed by atoms with Crippen LogP contribution < -0.4 is 5.32 Å². The highest BCUT2D eigenvalue weighted by Crippen LogP contribution is 2.30. The topological polar surface area (TPSA) is 15.3 Å². The molecule has 0 aromatic heterocycles. The molecule has 1 N–H and O–H groups in total. The largest absolute Gasteiger partial charge is 0.311 e. The molecular formula is C16H24ClFN2. The second kappa shape index (κ2) is 6.42. The lowest BCUT2D eigenvalue weighted by atomic mass is 9.87. The highest BCUT2D eigenvalue weighted by molar-refractivity contribution is 6.31. The van der Waals surface area contributed by atoms with Crippen LogP contribution in [0.25, 0.3) is 0 Å². The summed E-state index contributed by atoms with van der Waals surface area (Å²) in [6.07, 6.45) is 2.20. The molecule has 1 saturated heterocycles. The third-order valence-electron chi connectivity index (χ3n) is 4.64. The van der Waals surface area contributed by atoms with E-state index >= 15 is 0 Å². The molecule has 0 saturated carbocycles. The molecule has 0 amide bonds. The van der Waals surface area contributed by atoms with E-state index in [-0.39, 0.29) is 11.4 Å². The highest BCUT2D eigenvalue weighted by Gasteiger charge is 2.37. The van der Waals surface area contributed by atoms with Crippen LogP contribution in [0.4, 0.5) is 4.39 Å². The summed E-state index contributed by atoms with van der Waals surface area (Å²) in [5.74, 6) is -0.273. The van der Waals surface area contributed by atoms with Crippen LogP contribution in [0, 0.1) is 5.82 Å². The summed E-state index contributed by atoms with van der Waals surface area (Å²) in [7, 11) is 0. The number of hydrogen-bond acceptors (Lipinski definition) is 2. The average Bonchev–Trinajstić information content (AvgIpc) is 2.43. The van der Waals surface area contributed by atoms with Gasteiger partial charge in [0.25, 0.3) is 0 Å². The van der Waals surface area contributed by atoms with Crippen LogP contribution >= 0.6 is 11.6 Å². The van der Waals surface area contributed by atoms with Gasteiger partial charge in [0.2, 0.25) is 0 Å². The van der Waals surface area contributed by atoms with Crippen LogP contribution in [-0.2, 0) is 6.54 Å². The first kappa shape index (κ1) is 15.7. The standard InChI is InChI=1S/C16H24ClFN2/c1-4-16(5-2)11-19-12(3)9-20(16)10-13-6-7-14(18)8-15(13)17/h6-8,12,19H,4-5,9-11H2,1-3H3. The minimum atomic E-state index is -0.273. The van der Waals surface area contributed by atoms with Crippen molar-refractivity contribution in [2.45, 2.75) is 51.7 Å². The van der Waals surface area contributed by atoms with Gasteiger partial charge in [-0.15, -0.1) is 0 Å². The van der Waals surface area contributed by atoms with E-state index in [1.54, 1.807) is 6.07 Å². The summed E-state index contributed by atoms with van der Waals surface area (Å²) in [6.45, 7) is 9.46. The van der Waals surface area contributed by atoms with E-state index < -0.39 is 0 Å². The van der Waals surface area contributed by atoms with Gasteiger partial charge in [0, 0.05) is 36.2 Å². The summed E-state index contributed by atoms with van der Waals surface area (Å²) in [6, 6.07) is 5.18. The highest BCUT2D eigenvalue weighted by atomic mass is 35.5. The molecule has 2 rings (SSSR count). The number of rotatable bonds is 4. The van der Waals surface area contributed by atoms with Crippen molar-refractivity contribution in [3.05, 3.63) is 34.6 Å². The first-order chi connectivity index (χ1) is 9.50. The van der Waals surface area contributed by atoms with Gasteiger partial charge in [-0.3, -0.25) is 4.90 Å². The SMILES string of the molecule is CCC1(CC)CNC(C)CN1Cc1ccc(F)cc1Cl. The van der Waals surface area contributed by atoms with Crippen molar-refractivity contribution in [2.24, 2.45) is 0 Å². The molecular weight excluding hydrogens is 275 g/mol. The van der Waals surface area contributed by atoms with Gasteiger partial charge < -0.3 is 5.32 Å². The van der Waals surface area contributed by atoms with Crippen LogP contribution in [0.2, 0.25) is 5.02 Å². The molecule has 1 aliphatic rings. The predicted molar refractivity (Wildman–Crippen MR) is 82.6 cm³/mol. The van der Waals surface area contributed by atoms with Gasteiger partial charge in [0.15, 0.2) is 0 Å². The van der Waals surface area contributed by atoms with Gasteiger partial charge in [0.1, 0.15) is 5.82 Å². The van der Waals surface area contributed by atoms with E-state index in [1.807, 2.05) is 0 Å². The fourth-order valence-electron chi connectivity index (χ4n) is 3.10. The minimum Gasteiger partial charge on any atom is -0.311 e. The second-order valence-electron chi connectivity index (χ2n) is 5.83. The molecule has 0 radical (unpaired) electrons. The van der Waals surface area contributed by atoms with Crippen molar-refractivity contribution < 1.29 is 4.39 Å². The molecule has 20 heavy (non-hydrogen) atoms. The molecule has 2 nitrogen and oxygen atoms in total. The molecule has 1 atom stereocenters. The van der Waals surface area contributed by atoms with E-state index in [0.29, 0.717) is 11.1 Å². The molecule has 4 heteroatoms. The monoisotopic (exact) mass is 298 g/mol. The quantitative estimate of drug-likeness (QED) is 0.909. The molecule has 1 fully saturated rings. The Morgan fingerprint density at radius 3 is 2.70 bits per heavy atom. The first-order valence-corrected chi connectivity index (χ1v) is 7.81. The van der Waals surface area contributed by atoms with Crippen LogP contribution in [0.3, 0.4) is 0 Å². The average molecular weight is 299 g/mol. The number of halogens is 2. The van der Waals surface area contributed by atoms with Gasteiger partial charge in [-0.1, -0.05) is 31.5 Å². The van der Waals surface area contributed by atoms with Crippen molar-refractivity contribution in [3.8, 4) is 0 Å². The minimum absolute atomic E-state index is 0.171. The number of piperazine rings is 1. The normalized spacial score (nSPS) is 22.9. The molecule has 0 aliphatic carbocycles. The Hall–Kier alpha value is -0.640. The molecule has 1 aromatic carbocycles. The molecule has 112 valence electrons.